The van der Waals surface area contributed by atoms with Crippen LogP contribution >= 0.6 is 0 Å². The number of aromatic nitrogens is 2. The first-order chi connectivity index (χ1) is 19.2. The van der Waals surface area contributed by atoms with Crippen molar-refractivity contribution in [3.8, 4) is 0 Å². The number of hydrogen-bond acceptors (Lipinski definition) is 7. The molecular weight excluding hydrogens is 541 g/mol. The summed E-state index contributed by atoms with van der Waals surface area (Å²) in [5.74, 6) is 1.64. The van der Waals surface area contributed by atoms with Gasteiger partial charge in [0.05, 0.1) is 10.5 Å². The molecule has 8 nitrogen and oxygen atoms in total. The van der Waals surface area contributed by atoms with Gasteiger partial charge in [0, 0.05) is 51.0 Å². The van der Waals surface area contributed by atoms with Crippen LogP contribution in [0.5, 0.6) is 0 Å². The molecule has 40 heavy (non-hydrogen) atoms. The predicted octanol–water partition coefficient (Wildman–Crippen LogP) is 5.00. The van der Waals surface area contributed by atoms with Gasteiger partial charge in [-0.25, -0.2) is 13.4 Å². The van der Waals surface area contributed by atoms with E-state index in [2.05, 4.69) is 20.1 Å². The minimum atomic E-state index is -4.50. The Morgan fingerprint density at radius 1 is 0.825 bits per heavy atom. The zero-order valence-corrected chi connectivity index (χ0v) is 23.6. The molecule has 3 aliphatic rings. The number of benzene rings is 1. The van der Waals surface area contributed by atoms with Crippen LogP contribution in [0.3, 0.4) is 0 Å². The maximum Gasteiger partial charge on any atom is 0.416 e. The van der Waals surface area contributed by atoms with Crippen LogP contribution in [-0.4, -0.2) is 78.9 Å². The molecule has 3 saturated heterocycles. The third kappa shape index (κ3) is 7.06. The number of nitrogens with one attached hydrogen (secondary N) is 1. The third-order valence-corrected chi connectivity index (χ3v) is 10.3. The fraction of sp³-hybridized carbons (Fsp3) is 0.643. The molecule has 1 N–H and O–H groups in total. The molecule has 5 rings (SSSR count). The minimum Gasteiger partial charge on any atom is -0.356 e. The number of likely N-dealkylation sites (tertiary alicyclic amines) is 1. The van der Waals surface area contributed by atoms with Crippen LogP contribution in [0.25, 0.3) is 0 Å². The molecule has 0 radical (unpaired) electrons. The van der Waals surface area contributed by atoms with Gasteiger partial charge in [0.2, 0.25) is 16.0 Å². The lowest BCUT2D eigenvalue weighted by Crippen LogP contribution is -2.49. The standard InChI is InChI=1S/C28H39F3N6O2S/c29-28(30,31)22-8-10-25(11-9-22)40(38,39)37-19-13-24(14-20-37)36-18-6-3-7-23(21-36)33-27-32-15-12-26(34-27)35-16-4-1-2-5-17-35/h8-12,15,23-24H,1-7,13-14,16-21H2,(H,32,33,34). The average molecular weight is 581 g/mol. The van der Waals surface area contributed by atoms with Crippen LogP contribution in [0, 0.1) is 0 Å². The van der Waals surface area contributed by atoms with Gasteiger partial charge in [-0.05, 0) is 75.4 Å². The SMILES string of the molecule is O=S(=O)(c1ccc(C(F)(F)F)cc1)N1CCC(N2CCCCC(Nc3nccc(N4CCCCCC4)n3)C2)CC1. The van der Waals surface area contributed by atoms with Crippen LogP contribution in [0.15, 0.2) is 41.4 Å². The Morgan fingerprint density at radius 2 is 1.50 bits per heavy atom. The summed E-state index contributed by atoms with van der Waals surface area (Å²) in [6.07, 6.45) is 6.83. The molecule has 0 aliphatic carbocycles. The smallest absolute Gasteiger partial charge is 0.356 e. The summed E-state index contributed by atoms with van der Waals surface area (Å²) in [6, 6.07) is 6.22. The highest BCUT2D eigenvalue weighted by Crippen LogP contribution is 2.31. The van der Waals surface area contributed by atoms with E-state index in [0.29, 0.717) is 31.9 Å². The van der Waals surface area contributed by atoms with Crippen LogP contribution in [0.2, 0.25) is 0 Å². The molecule has 3 aliphatic heterocycles. The number of anilines is 2. The minimum absolute atomic E-state index is 0.0969. The summed E-state index contributed by atoms with van der Waals surface area (Å²) in [5.41, 5.74) is -0.853. The summed E-state index contributed by atoms with van der Waals surface area (Å²) in [7, 11) is -3.84. The fourth-order valence-electron chi connectivity index (χ4n) is 6.11. The molecule has 4 heterocycles. The van der Waals surface area contributed by atoms with Gasteiger partial charge in [-0.1, -0.05) is 19.3 Å². The zero-order valence-electron chi connectivity index (χ0n) is 22.8. The van der Waals surface area contributed by atoms with E-state index in [1.807, 2.05) is 12.3 Å². The van der Waals surface area contributed by atoms with E-state index in [-0.39, 0.29) is 17.0 Å². The highest BCUT2D eigenvalue weighted by Gasteiger charge is 2.34. The zero-order chi connectivity index (χ0) is 28.2. The van der Waals surface area contributed by atoms with Gasteiger partial charge in [0.1, 0.15) is 5.82 Å². The Hall–Kier alpha value is -2.44. The molecule has 12 heteroatoms. The van der Waals surface area contributed by atoms with Crippen molar-refractivity contribution in [2.75, 3.05) is 49.5 Å². The van der Waals surface area contributed by atoms with E-state index >= 15 is 0 Å². The first kappa shape index (κ1) is 29.1. The lowest BCUT2D eigenvalue weighted by Gasteiger charge is -2.38. The number of hydrogen-bond donors (Lipinski definition) is 1. The molecule has 0 amide bonds. The van der Waals surface area contributed by atoms with E-state index in [0.717, 1.165) is 75.5 Å². The fourth-order valence-corrected chi connectivity index (χ4v) is 7.58. The Bertz CT molecular complexity index is 1210. The van der Waals surface area contributed by atoms with Gasteiger partial charge >= 0.3 is 6.18 Å². The molecule has 1 aromatic carbocycles. The van der Waals surface area contributed by atoms with Gasteiger partial charge in [0.15, 0.2) is 0 Å². The van der Waals surface area contributed by atoms with Crippen molar-refractivity contribution in [2.24, 2.45) is 0 Å². The number of halogens is 3. The van der Waals surface area contributed by atoms with Gasteiger partial charge in [-0.2, -0.15) is 22.5 Å². The Morgan fingerprint density at radius 3 is 2.17 bits per heavy atom. The van der Waals surface area contributed by atoms with Crippen molar-refractivity contribution in [1.82, 2.24) is 19.2 Å². The highest BCUT2D eigenvalue weighted by atomic mass is 32.2. The summed E-state index contributed by atoms with van der Waals surface area (Å²) in [4.78, 5) is 14.1. The van der Waals surface area contributed by atoms with Crippen LogP contribution in [0.1, 0.15) is 63.4 Å². The van der Waals surface area contributed by atoms with E-state index in [1.54, 1.807) is 0 Å². The monoisotopic (exact) mass is 580 g/mol. The maximum atomic E-state index is 13.1. The van der Waals surface area contributed by atoms with Crippen LogP contribution in [-0.2, 0) is 16.2 Å². The summed E-state index contributed by atoms with van der Waals surface area (Å²) in [6.45, 7) is 4.56. The van der Waals surface area contributed by atoms with Crippen molar-refractivity contribution < 1.29 is 21.6 Å². The lowest BCUT2D eigenvalue weighted by molar-refractivity contribution is -0.137. The van der Waals surface area contributed by atoms with Crippen LogP contribution < -0.4 is 10.2 Å². The molecule has 1 aromatic heterocycles. The van der Waals surface area contributed by atoms with Gasteiger partial charge < -0.3 is 10.2 Å². The van der Waals surface area contributed by atoms with Gasteiger partial charge in [-0.15, -0.1) is 0 Å². The number of alkyl halides is 3. The van der Waals surface area contributed by atoms with Crippen molar-refractivity contribution in [3.05, 3.63) is 42.1 Å². The number of sulfonamides is 1. The van der Waals surface area contributed by atoms with Crippen molar-refractivity contribution >= 4 is 21.8 Å². The number of piperidine rings is 1. The molecule has 220 valence electrons. The van der Waals surface area contributed by atoms with E-state index in [4.69, 9.17) is 4.98 Å². The first-order valence-corrected chi connectivity index (χ1v) is 15.9. The Labute approximate surface area is 235 Å². The average Bonchev–Trinajstić information content (AvgIpc) is 3.37. The van der Waals surface area contributed by atoms with Gasteiger partial charge in [-0.3, -0.25) is 4.90 Å². The largest absolute Gasteiger partial charge is 0.416 e. The van der Waals surface area contributed by atoms with Crippen LogP contribution in [0.4, 0.5) is 24.9 Å². The van der Waals surface area contributed by atoms with E-state index < -0.39 is 21.8 Å². The summed E-state index contributed by atoms with van der Waals surface area (Å²) >= 11 is 0. The topological polar surface area (TPSA) is 81.7 Å². The number of rotatable bonds is 6. The van der Waals surface area contributed by atoms with Gasteiger partial charge in [0.25, 0.3) is 0 Å². The Balaban J connectivity index is 1.18. The number of nitrogens with zero attached hydrogens (tertiary/aromatic N) is 5. The van der Waals surface area contributed by atoms with Crippen molar-refractivity contribution in [2.45, 2.75) is 80.9 Å². The molecule has 1 unspecified atom stereocenters. The van der Waals surface area contributed by atoms with Crippen molar-refractivity contribution in [3.63, 3.8) is 0 Å². The Kier molecular flexibility index (Phi) is 9.16. The third-order valence-electron chi connectivity index (χ3n) is 8.37. The summed E-state index contributed by atoms with van der Waals surface area (Å²) < 4.78 is 66.3. The molecule has 1 atom stereocenters. The quantitative estimate of drug-likeness (QED) is 0.515. The van der Waals surface area contributed by atoms with E-state index in [1.165, 1.54) is 30.0 Å². The second kappa shape index (κ2) is 12.6. The molecule has 0 bridgehead atoms. The van der Waals surface area contributed by atoms with E-state index in [9.17, 15) is 21.6 Å². The maximum absolute atomic E-state index is 13.1. The summed E-state index contributed by atoms with van der Waals surface area (Å²) in [5, 5.41) is 3.58. The normalized spacial score (nSPS) is 23.0. The predicted molar refractivity (Wildman–Crippen MR) is 149 cm³/mol. The lowest BCUT2D eigenvalue weighted by atomic mass is 10.0. The highest BCUT2D eigenvalue weighted by molar-refractivity contribution is 7.89. The molecule has 0 saturated carbocycles. The second-order valence-electron chi connectivity index (χ2n) is 11.1. The first-order valence-electron chi connectivity index (χ1n) is 14.5. The van der Waals surface area contributed by atoms with Crippen molar-refractivity contribution in [1.29, 1.82) is 0 Å². The molecule has 3 fully saturated rings. The molecule has 2 aromatic rings. The molecule has 0 spiro atoms. The molecular formula is C28H39F3N6O2S. The second-order valence-corrected chi connectivity index (χ2v) is 13.1.